The molecule has 1 fully saturated rings. The summed E-state index contributed by atoms with van der Waals surface area (Å²) in [4.78, 5) is 28.2. The predicted octanol–water partition coefficient (Wildman–Crippen LogP) is 2.54. The Hall–Kier alpha value is -3.08. The van der Waals surface area contributed by atoms with Gasteiger partial charge in [-0.15, -0.1) is 0 Å². The number of piperazine rings is 1. The van der Waals surface area contributed by atoms with Crippen LogP contribution in [0.4, 0.5) is 0 Å². The molecular weight excluding hydrogens is 316 g/mol. The van der Waals surface area contributed by atoms with Crippen molar-refractivity contribution < 1.29 is 14.3 Å². The maximum Gasteiger partial charge on any atom is 0.270 e. The number of rotatable bonds is 4. The van der Waals surface area contributed by atoms with Crippen LogP contribution in [0.3, 0.4) is 0 Å². The first kappa shape index (κ1) is 16.8. The summed E-state index contributed by atoms with van der Waals surface area (Å²) in [6, 6.07) is 17.0. The maximum atomic E-state index is 12.6. The van der Waals surface area contributed by atoms with E-state index in [1.165, 1.54) is 4.90 Å². The van der Waals surface area contributed by atoms with Gasteiger partial charge in [-0.25, -0.2) is 0 Å². The van der Waals surface area contributed by atoms with E-state index in [1.54, 1.807) is 25.1 Å². The molecule has 3 rings (SSSR count). The first-order chi connectivity index (χ1) is 12.1. The first-order valence-electron chi connectivity index (χ1n) is 8.04. The van der Waals surface area contributed by atoms with Crippen LogP contribution < -0.4 is 4.74 Å². The molecule has 1 aliphatic heterocycles. The van der Waals surface area contributed by atoms with E-state index in [0.29, 0.717) is 12.2 Å². The Morgan fingerprint density at radius 2 is 1.72 bits per heavy atom. The molecule has 1 saturated heterocycles. The van der Waals surface area contributed by atoms with E-state index in [-0.39, 0.29) is 18.4 Å². The van der Waals surface area contributed by atoms with Crippen LogP contribution in [0.1, 0.15) is 11.1 Å². The average Bonchev–Trinajstić information content (AvgIpc) is 2.64. The van der Waals surface area contributed by atoms with Gasteiger partial charge in [-0.05, 0) is 29.3 Å². The molecule has 0 unspecified atom stereocenters. The number of ether oxygens (including phenoxy) is 1. The van der Waals surface area contributed by atoms with Gasteiger partial charge in [0.2, 0.25) is 5.91 Å². The van der Waals surface area contributed by atoms with Crippen LogP contribution in [0.2, 0.25) is 0 Å². The second-order valence-corrected chi connectivity index (χ2v) is 5.93. The third-order valence-electron chi connectivity index (χ3n) is 4.13. The summed E-state index contributed by atoms with van der Waals surface area (Å²) in [5.41, 5.74) is 2.20. The van der Waals surface area contributed by atoms with Crippen molar-refractivity contribution in [2.24, 2.45) is 0 Å². The normalized spacial score (nSPS) is 16.5. The Kier molecular flexibility index (Phi) is 4.84. The number of likely N-dealkylation sites (N-methyl/N-ethyl adjacent to an activating group) is 1. The lowest BCUT2D eigenvalue weighted by Gasteiger charge is -2.34. The van der Waals surface area contributed by atoms with Crippen LogP contribution >= 0.6 is 0 Å². The quantitative estimate of drug-likeness (QED) is 0.806. The van der Waals surface area contributed by atoms with Gasteiger partial charge in [-0.2, -0.15) is 0 Å². The van der Waals surface area contributed by atoms with Gasteiger partial charge in [0.1, 0.15) is 18.0 Å². The number of methoxy groups -OCH3 is 1. The fourth-order valence-corrected chi connectivity index (χ4v) is 2.74. The maximum absolute atomic E-state index is 12.6. The highest BCUT2D eigenvalue weighted by Crippen LogP contribution is 2.22. The molecule has 2 amide bonds. The minimum Gasteiger partial charge on any atom is -0.497 e. The van der Waals surface area contributed by atoms with Crippen molar-refractivity contribution >= 4 is 17.9 Å². The topological polar surface area (TPSA) is 49.9 Å². The summed E-state index contributed by atoms with van der Waals surface area (Å²) < 4.78 is 5.15. The van der Waals surface area contributed by atoms with Gasteiger partial charge >= 0.3 is 0 Å². The van der Waals surface area contributed by atoms with Crippen molar-refractivity contribution in [1.29, 1.82) is 0 Å². The van der Waals surface area contributed by atoms with Crippen molar-refractivity contribution in [2.45, 2.75) is 6.54 Å². The predicted molar refractivity (Wildman–Crippen MR) is 95.6 cm³/mol. The molecule has 0 radical (unpaired) electrons. The van der Waals surface area contributed by atoms with Gasteiger partial charge in [-0.1, -0.05) is 42.5 Å². The summed E-state index contributed by atoms with van der Waals surface area (Å²) in [5.74, 6) is 0.489. The zero-order valence-corrected chi connectivity index (χ0v) is 14.3. The molecule has 0 atom stereocenters. The number of hydrogen-bond acceptors (Lipinski definition) is 3. The fraction of sp³-hybridized carbons (Fsp3) is 0.200. The molecule has 5 heteroatoms. The number of carbonyl (C=O) groups excluding carboxylic acids is 2. The Labute approximate surface area is 147 Å². The van der Waals surface area contributed by atoms with E-state index in [9.17, 15) is 9.59 Å². The first-order valence-corrected chi connectivity index (χ1v) is 8.04. The van der Waals surface area contributed by atoms with Crippen LogP contribution in [0.5, 0.6) is 5.75 Å². The van der Waals surface area contributed by atoms with Gasteiger partial charge in [-0.3, -0.25) is 9.59 Å². The Morgan fingerprint density at radius 1 is 1.04 bits per heavy atom. The van der Waals surface area contributed by atoms with Gasteiger partial charge in [0.15, 0.2) is 0 Å². The number of nitrogens with zero attached hydrogens (tertiary/aromatic N) is 2. The zero-order chi connectivity index (χ0) is 17.8. The molecule has 0 saturated carbocycles. The second kappa shape index (κ2) is 7.21. The standard InChI is InChI=1S/C20H20N2O3/c1-21-14-19(23)22(13-16-6-4-3-5-7-16)18(20(21)24)12-15-8-10-17(25-2)11-9-15/h3-12H,13-14H2,1-2H3/b18-12+. The van der Waals surface area contributed by atoms with E-state index in [4.69, 9.17) is 4.74 Å². The van der Waals surface area contributed by atoms with Crippen molar-refractivity contribution in [3.63, 3.8) is 0 Å². The molecule has 1 heterocycles. The summed E-state index contributed by atoms with van der Waals surface area (Å²) in [6.45, 7) is 0.465. The molecule has 5 nitrogen and oxygen atoms in total. The summed E-state index contributed by atoms with van der Waals surface area (Å²) >= 11 is 0. The van der Waals surface area contributed by atoms with E-state index in [2.05, 4.69) is 0 Å². The third-order valence-corrected chi connectivity index (χ3v) is 4.13. The number of hydrogen-bond donors (Lipinski definition) is 0. The Bertz CT molecular complexity index is 797. The molecule has 0 aliphatic carbocycles. The van der Waals surface area contributed by atoms with Gasteiger partial charge in [0, 0.05) is 7.05 Å². The van der Waals surface area contributed by atoms with E-state index < -0.39 is 0 Å². The summed E-state index contributed by atoms with van der Waals surface area (Å²) in [6.07, 6.45) is 1.75. The van der Waals surface area contributed by atoms with E-state index >= 15 is 0 Å². The van der Waals surface area contributed by atoms with Crippen LogP contribution in [0, 0.1) is 0 Å². The molecule has 0 N–H and O–H groups in total. The Balaban J connectivity index is 1.95. The smallest absolute Gasteiger partial charge is 0.270 e. The van der Waals surface area contributed by atoms with Crippen LogP contribution in [-0.2, 0) is 16.1 Å². The highest BCUT2D eigenvalue weighted by atomic mass is 16.5. The summed E-state index contributed by atoms with van der Waals surface area (Å²) in [5, 5.41) is 0. The molecule has 25 heavy (non-hydrogen) atoms. The molecule has 0 aromatic heterocycles. The molecule has 128 valence electrons. The SMILES string of the molecule is COc1ccc(/C=C2\C(=O)N(C)CC(=O)N2Cc2ccccc2)cc1. The average molecular weight is 336 g/mol. The largest absolute Gasteiger partial charge is 0.497 e. The molecular formula is C20H20N2O3. The zero-order valence-electron chi connectivity index (χ0n) is 14.3. The fourth-order valence-electron chi connectivity index (χ4n) is 2.74. The molecule has 2 aromatic rings. The van der Waals surface area contributed by atoms with Crippen LogP contribution in [-0.4, -0.2) is 42.3 Å². The van der Waals surface area contributed by atoms with E-state index in [0.717, 1.165) is 16.9 Å². The van der Waals surface area contributed by atoms with Crippen molar-refractivity contribution in [1.82, 2.24) is 9.80 Å². The number of carbonyl (C=O) groups is 2. The van der Waals surface area contributed by atoms with Gasteiger partial charge < -0.3 is 14.5 Å². The molecule has 0 spiro atoms. The van der Waals surface area contributed by atoms with Gasteiger partial charge in [0.25, 0.3) is 5.91 Å². The van der Waals surface area contributed by atoms with Crippen molar-refractivity contribution in [3.8, 4) is 5.75 Å². The second-order valence-electron chi connectivity index (χ2n) is 5.93. The van der Waals surface area contributed by atoms with Crippen molar-refractivity contribution in [2.75, 3.05) is 20.7 Å². The lowest BCUT2D eigenvalue weighted by atomic mass is 10.1. The minimum absolute atomic E-state index is 0.0889. The molecule has 2 aromatic carbocycles. The minimum atomic E-state index is -0.161. The molecule has 1 aliphatic rings. The van der Waals surface area contributed by atoms with Crippen LogP contribution in [0.15, 0.2) is 60.3 Å². The van der Waals surface area contributed by atoms with Crippen LogP contribution in [0.25, 0.3) is 6.08 Å². The number of benzene rings is 2. The van der Waals surface area contributed by atoms with E-state index in [1.807, 2.05) is 54.6 Å². The highest BCUT2D eigenvalue weighted by Gasteiger charge is 2.32. The monoisotopic (exact) mass is 336 g/mol. The summed E-state index contributed by atoms with van der Waals surface area (Å²) in [7, 11) is 3.25. The third kappa shape index (κ3) is 3.71. The Morgan fingerprint density at radius 3 is 2.36 bits per heavy atom. The lowest BCUT2D eigenvalue weighted by molar-refractivity contribution is -0.144. The number of amides is 2. The van der Waals surface area contributed by atoms with Crippen molar-refractivity contribution in [3.05, 3.63) is 71.4 Å². The highest BCUT2D eigenvalue weighted by molar-refractivity contribution is 6.05. The van der Waals surface area contributed by atoms with Gasteiger partial charge in [0.05, 0.1) is 13.7 Å². The molecule has 0 bridgehead atoms. The lowest BCUT2D eigenvalue weighted by Crippen LogP contribution is -2.50.